The first-order valence-electron chi connectivity index (χ1n) is 4.51. The van der Waals surface area contributed by atoms with Crippen LogP contribution in [-0.2, 0) is 9.59 Å². The molecule has 0 unspecified atom stereocenters. The number of rotatable bonds is 1. The van der Waals surface area contributed by atoms with Gasteiger partial charge in [0.1, 0.15) is 0 Å². The van der Waals surface area contributed by atoms with Crippen molar-refractivity contribution in [3.05, 3.63) is 28.0 Å². The Bertz CT molecular complexity index is 451. The van der Waals surface area contributed by atoms with Gasteiger partial charge in [0.2, 0.25) is 11.8 Å². The number of benzene rings is 1. The second kappa shape index (κ2) is 4.03. The molecule has 2 amide bonds. The smallest absolute Gasteiger partial charge is 0.234 e. The highest BCUT2D eigenvalue weighted by Crippen LogP contribution is 2.31. The van der Waals surface area contributed by atoms with Crippen LogP contribution in [0.25, 0.3) is 0 Å². The Morgan fingerprint density at radius 1 is 1.06 bits per heavy atom. The Morgan fingerprint density at radius 3 is 1.94 bits per heavy atom. The highest BCUT2D eigenvalue weighted by molar-refractivity contribution is 6.36. The summed E-state index contributed by atoms with van der Waals surface area (Å²) in [6.07, 6.45) is 0.316. The first-order chi connectivity index (χ1) is 7.50. The molecule has 0 radical (unpaired) electrons. The molecular weight excluding hydrogens is 256 g/mol. The number of hydrogen-bond donors (Lipinski definition) is 0. The van der Waals surface area contributed by atoms with Crippen molar-refractivity contribution in [2.45, 2.75) is 12.8 Å². The van der Waals surface area contributed by atoms with E-state index in [0.717, 1.165) is 4.90 Å². The molecular formula is C10H6Cl2FNO2. The minimum absolute atomic E-state index is 0.158. The lowest BCUT2D eigenvalue weighted by Crippen LogP contribution is -2.28. The molecule has 16 heavy (non-hydrogen) atoms. The molecule has 0 aromatic heterocycles. The Kier molecular flexibility index (Phi) is 2.86. The lowest BCUT2D eigenvalue weighted by Gasteiger charge is -2.14. The van der Waals surface area contributed by atoms with E-state index in [1.807, 2.05) is 0 Å². The molecule has 1 aliphatic heterocycles. The van der Waals surface area contributed by atoms with Gasteiger partial charge in [0.25, 0.3) is 0 Å². The summed E-state index contributed by atoms with van der Waals surface area (Å²) in [5, 5.41) is -0.426. The number of nitrogens with zero attached hydrogens (tertiary/aromatic N) is 1. The summed E-state index contributed by atoms with van der Waals surface area (Å²) in [5.74, 6) is -1.42. The third-order valence-corrected chi connectivity index (χ3v) is 2.83. The van der Waals surface area contributed by atoms with E-state index in [4.69, 9.17) is 23.2 Å². The van der Waals surface area contributed by atoms with Crippen LogP contribution in [0.5, 0.6) is 0 Å². The van der Waals surface area contributed by atoms with Crippen molar-refractivity contribution in [1.29, 1.82) is 0 Å². The summed E-state index contributed by atoms with van der Waals surface area (Å²) in [6, 6.07) is 2.42. The number of halogens is 3. The molecule has 3 nitrogen and oxygen atoms in total. The first-order valence-corrected chi connectivity index (χ1v) is 5.26. The normalized spacial score (nSPS) is 16.1. The maximum absolute atomic E-state index is 13.1. The third-order valence-electron chi connectivity index (χ3n) is 2.28. The number of amides is 2. The highest BCUT2D eigenvalue weighted by Gasteiger charge is 2.31. The summed E-state index contributed by atoms with van der Waals surface area (Å²) in [5.41, 5.74) is 0.212. The van der Waals surface area contributed by atoms with Gasteiger partial charge in [-0.2, -0.15) is 0 Å². The zero-order valence-corrected chi connectivity index (χ0v) is 9.48. The lowest BCUT2D eigenvalue weighted by molar-refractivity contribution is -0.121. The van der Waals surface area contributed by atoms with Gasteiger partial charge >= 0.3 is 0 Å². The molecule has 0 aliphatic carbocycles. The van der Waals surface area contributed by atoms with Crippen LogP contribution in [0.1, 0.15) is 12.8 Å². The minimum Gasteiger partial charge on any atom is -0.274 e. The molecule has 1 aliphatic rings. The summed E-state index contributed by atoms with van der Waals surface area (Å²) in [6.45, 7) is 0. The third kappa shape index (κ3) is 1.79. The largest absolute Gasteiger partial charge is 0.274 e. The van der Waals surface area contributed by atoms with Crippen molar-refractivity contribution in [2.24, 2.45) is 0 Å². The van der Waals surface area contributed by atoms with Gasteiger partial charge in [-0.15, -0.1) is 0 Å². The van der Waals surface area contributed by atoms with Crippen molar-refractivity contribution >= 4 is 40.7 Å². The van der Waals surface area contributed by atoms with Crippen LogP contribution in [0.2, 0.25) is 10.0 Å². The van der Waals surface area contributed by atoms with Crippen molar-refractivity contribution in [1.82, 2.24) is 0 Å². The van der Waals surface area contributed by atoms with E-state index in [-0.39, 0.29) is 40.4 Å². The zero-order chi connectivity index (χ0) is 11.9. The maximum Gasteiger partial charge on any atom is 0.234 e. The first kappa shape index (κ1) is 11.4. The van der Waals surface area contributed by atoms with E-state index in [1.165, 1.54) is 12.1 Å². The van der Waals surface area contributed by atoms with Crippen LogP contribution >= 0.6 is 23.2 Å². The van der Waals surface area contributed by atoms with Crippen molar-refractivity contribution < 1.29 is 14.0 Å². The number of anilines is 1. The lowest BCUT2D eigenvalue weighted by atomic mass is 10.3. The molecule has 0 N–H and O–H groups in total. The van der Waals surface area contributed by atoms with Gasteiger partial charge in [0.05, 0.1) is 15.7 Å². The molecule has 1 saturated heterocycles. The van der Waals surface area contributed by atoms with Gasteiger partial charge in [-0.05, 0) is 12.1 Å². The standard InChI is InChI=1S/C10H6Cl2FNO2/c11-6-3-5(4-7(12)10(6)13)14-8(15)1-2-9(14)16/h3-4H,1-2H2. The van der Waals surface area contributed by atoms with Gasteiger partial charge in [-0.3, -0.25) is 14.5 Å². The SMILES string of the molecule is O=C1CCC(=O)N1c1cc(Cl)c(F)c(Cl)c1. The Morgan fingerprint density at radius 2 is 1.50 bits per heavy atom. The number of carbonyl (C=O) groups excluding carboxylic acids is 2. The van der Waals surface area contributed by atoms with Crippen LogP contribution in [0.3, 0.4) is 0 Å². The van der Waals surface area contributed by atoms with Gasteiger partial charge in [0, 0.05) is 12.8 Å². The van der Waals surface area contributed by atoms with Gasteiger partial charge in [-0.1, -0.05) is 23.2 Å². The van der Waals surface area contributed by atoms with Crippen LogP contribution < -0.4 is 4.90 Å². The topological polar surface area (TPSA) is 37.4 Å². The fourth-order valence-electron chi connectivity index (χ4n) is 1.54. The molecule has 1 heterocycles. The van der Waals surface area contributed by atoms with E-state index in [9.17, 15) is 14.0 Å². The minimum atomic E-state index is -0.758. The van der Waals surface area contributed by atoms with Crippen molar-refractivity contribution in [3.63, 3.8) is 0 Å². The summed E-state index contributed by atoms with van der Waals surface area (Å²) in [7, 11) is 0. The molecule has 0 atom stereocenters. The van der Waals surface area contributed by atoms with Crippen molar-refractivity contribution in [2.75, 3.05) is 4.90 Å². The number of imide groups is 1. The maximum atomic E-state index is 13.1. The second-order valence-electron chi connectivity index (χ2n) is 3.35. The van der Waals surface area contributed by atoms with E-state index >= 15 is 0 Å². The molecule has 0 bridgehead atoms. The Balaban J connectivity index is 2.48. The van der Waals surface area contributed by atoms with Gasteiger partial charge in [-0.25, -0.2) is 4.39 Å². The van der Waals surface area contributed by atoms with E-state index in [1.54, 1.807) is 0 Å². The van der Waals surface area contributed by atoms with Crippen LogP contribution in [0.4, 0.5) is 10.1 Å². The van der Waals surface area contributed by atoms with E-state index < -0.39 is 5.82 Å². The fourth-order valence-corrected chi connectivity index (χ4v) is 2.01. The monoisotopic (exact) mass is 261 g/mol. The van der Waals surface area contributed by atoms with Gasteiger partial charge < -0.3 is 0 Å². The average molecular weight is 262 g/mol. The number of hydrogen-bond acceptors (Lipinski definition) is 2. The molecule has 0 spiro atoms. The zero-order valence-electron chi connectivity index (χ0n) is 7.97. The molecule has 1 aromatic rings. The van der Waals surface area contributed by atoms with E-state index in [2.05, 4.69) is 0 Å². The molecule has 1 aromatic carbocycles. The summed E-state index contributed by atoms with van der Waals surface area (Å²) < 4.78 is 13.1. The van der Waals surface area contributed by atoms with Crippen molar-refractivity contribution in [3.8, 4) is 0 Å². The summed E-state index contributed by atoms with van der Waals surface area (Å²) >= 11 is 11.2. The Labute approximate surface area is 101 Å². The predicted molar refractivity (Wildman–Crippen MR) is 58.1 cm³/mol. The predicted octanol–water partition coefficient (Wildman–Crippen LogP) is 2.79. The van der Waals surface area contributed by atoms with Gasteiger partial charge in [0.15, 0.2) is 5.82 Å². The quantitative estimate of drug-likeness (QED) is 0.576. The molecule has 84 valence electrons. The fraction of sp³-hybridized carbons (Fsp3) is 0.200. The van der Waals surface area contributed by atoms with Crippen LogP contribution in [0, 0.1) is 5.82 Å². The highest BCUT2D eigenvalue weighted by atomic mass is 35.5. The molecule has 0 saturated carbocycles. The average Bonchev–Trinajstić information content (AvgIpc) is 2.54. The molecule has 6 heteroatoms. The van der Waals surface area contributed by atoms with E-state index in [0.29, 0.717) is 0 Å². The Hall–Kier alpha value is -1.13. The molecule has 1 fully saturated rings. The summed E-state index contributed by atoms with van der Waals surface area (Å²) in [4.78, 5) is 23.8. The number of carbonyl (C=O) groups is 2. The van der Waals surface area contributed by atoms with Crippen LogP contribution in [-0.4, -0.2) is 11.8 Å². The van der Waals surface area contributed by atoms with Crippen LogP contribution in [0.15, 0.2) is 12.1 Å². The molecule has 2 rings (SSSR count). The second-order valence-corrected chi connectivity index (χ2v) is 4.16.